The van der Waals surface area contributed by atoms with Crippen LogP contribution in [0.4, 0.5) is 11.4 Å². The van der Waals surface area contributed by atoms with Crippen molar-refractivity contribution >= 4 is 35.3 Å². The summed E-state index contributed by atoms with van der Waals surface area (Å²) in [6, 6.07) is 18.4. The molecular weight excluding hydrogens is 452 g/mol. The molecule has 0 aliphatic carbocycles. The maximum atomic E-state index is 12.8. The Bertz CT molecular complexity index is 1270. The van der Waals surface area contributed by atoms with Crippen LogP contribution in [0.1, 0.15) is 22.8 Å². The van der Waals surface area contributed by atoms with Gasteiger partial charge in [-0.2, -0.15) is 5.10 Å². The third-order valence-corrected chi connectivity index (χ3v) is 4.83. The lowest BCUT2D eigenvalue weighted by Gasteiger charge is -2.11. The van der Waals surface area contributed by atoms with Crippen molar-refractivity contribution in [2.24, 2.45) is 5.10 Å². The lowest BCUT2D eigenvalue weighted by Crippen LogP contribution is -2.33. The first kappa shape index (κ1) is 23.3. The fourth-order valence-corrected chi connectivity index (χ4v) is 3.18. The number of ether oxygens (including phenoxy) is 3. The highest BCUT2D eigenvalue weighted by Crippen LogP contribution is 2.32. The van der Waals surface area contributed by atoms with Crippen LogP contribution in [0.2, 0.25) is 0 Å². The van der Waals surface area contributed by atoms with E-state index in [1.807, 2.05) is 6.92 Å². The van der Waals surface area contributed by atoms with Crippen LogP contribution in [0.25, 0.3) is 0 Å². The van der Waals surface area contributed by atoms with Crippen LogP contribution in [-0.4, -0.2) is 37.3 Å². The van der Waals surface area contributed by atoms with E-state index in [1.54, 1.807) is 54.6 Å². The molecule has 10 nitrogen and oxygen atoms in total. The standard InChI is InChI=1S/C25H22N4O6/c1-2-33-18-10-8-17(9-11-18)27-23(30)19-5-3-4-6-20(19)28-24(31)25(32)29-26-14-16-7-12-21-22(13-16)35-15-34-21/h3-14H,2,15H2,1H3,(H,27,30)(H,28,31)(H,29,32)/b26-14-. The molecule has 3 aromatic rings. The van der Waals surface area contributed by atoms with Crippen molar-refractivity contribution in [3.05, 3.63) is 77.9 Å². The van der Waals surface area contributed by atoms with Gasteiger partial charge in [0, 0.05) is 5.69 Å². The van der Waals surface area contributed by atoms with Crippen LogP contribution in [0.5, 0.6) is 17.2 Å². The third kappa shape index (κ3) is 5.93. The Kier molecular flexibility index (Phi) is 7.22. The molecule has 4 rings (SSSR count). The first-order valence-electron chi connectivity index (χ1n) is 10.7. The van der Waals surface area contributed by atoms with Crippen LogP contribution in [0.3, 0.4) is 0 Å². The Labute approximate surface area is 200 Å². The fraction of sp³-hybridized carbons (Fsp3) is 0.120. The number of para-hydroxylation sites is 1. The van der Waals surface area contributed by atoms with Crippen molar-refractivity contribution < 1.29 is 28.6 Å². The van der Waals surface area contributed by atoms with E-state index < -0.39 is 17.7 Å². The summed E-state index contributed by atoms with van der Waals surface area (Å²) >= 11 is 0. The Morgan fingerprint density at radius 3 is 2.51 bits per heavy atom. The van der Waals surface area contributed by atoms with Gasteiger partial charge in [-0.3, -0.25) is 14.4 Å². The smallest absolute Gasteiger partial charge is 0.329 e. The second kappa shape index (κ2) is 10.8. The third-order valence-electron chi connectivity index (χ3n) is 4.83. The van der Waals surface area contributed by atoms with E-state index in [0.717, 1.165) is 0 Å². The summed E-state index contributed by atoms with van der Waals surface area (Å²) in [6.45, 7) is 2.56. The molecule has 10 heteroatoms. The van der Waals surface area contributed by atoms with Gasteiger partial charge in [0.05, 0.1) is 24.1 Å². The normalized spacial score (nSPS) is 11.7. The molecule has 1 aliphatic rings. The highest BCUT2D eigenvalue weighted by atomic mass is 16.7. The molecule has 3 amide bonds. The van der Waals surface area contributed by atoms with Gasteiger partial charge in [-0.1, -0.05) is 12.1 Å². The number of hydrazone groups is 1. The van der Waals surface area contributed by atoms with Crippen molar-refractivity contribution in [1.29, 1.82) is 0 Å². The summed E-state index contributed by atoms with van der Waals surface area (Å²) in [4.78, 5) is 37.3. The zero-order valence-corrected chi connectivity index (χ0v) is 18.7. The van der Waals surface area contributed by atoms with Gasteiger partial charge in [0.25, 0.3) is 5.91 Å². The van der Waals surface area contributed by atoms with Crippen molar-refractivity contribution in [1.82, 2.24) is 5.43 Å². The summed E-state index contributed by atoms with van der Waals surface area (Å²) < 4.78 is 15.9. The predicted molar refractivity (Wildman–Crippen MR) is 129 cm³/mol. The van der Waals surface area contributed by atoms with Crippen LogP contribution in [0.15, 0.2) is 71.8 Å². The summed E-state index contributed by atoms with van der Waals surface area (Å²) in [5.41, 5.74) is 3.72. The van der Waals surface area contributed by atoms with Gasteiger partial charge in [0.2, 0.25) is 6.79 Å². The number of amides is 3. The highest BCUT2D eigenvalue weighted by molar-refractivity contribution is 6.40. The van der Waals surface area contributed by atoms with E-state index in [-0.39, 0.29) is 18.0 Å². The molecule has 3 N–H and O–H groups in total. The number of hydrogen-bond acceptors (Lipinski definition) is 7. The SMILES string of the molecule is CCOc1ccc(NC(=O)c2ccccc2NC(=O)C(=O)N/N=C\c2ccc3c(c2)OCO3)cc1. The Balaban J connectivity index is 1.35. The lowest BCUT2D eigenvalue weighted by molar-refractivity contribution is -0.136. The Morgan fingerprint density at radius 2 is 1.71 bits per heavy atom. The second-order valence-corrected chi connectivity index (χ2v) is 7.22. The Morgan fingerprint density at radius 1 is 0.943 bits per heavy atom. The first-order chi connectivity index (χ1) is 17.0. The average molecular weight is 474 g/mol. The number of hydrogen-bond donors (Lipinski definition) is 3. The quantitative estimate of drug-likeness (QED) is 0.274. The van der Waals surface area contributed by atoms with Crippen molar-refractivity contribution in [2.45, 2.75) is 6.92 Å². The van der Waals surface area contributed by atoms with Gasteiger partial charge in [0.1, 0.15) is 5.75 Å². The topological polar surface area (TPSA) is 127 Å². The zero-order valence-electron chi connectivity index (χ0n) is 18.7. The number of benzene rings is 3. The number of fused-ring (bicyclic) bond motifs is 1. The molecule has 0 aromatic heterocycles. The molecule has 178 valence electrons. The van der Waals surface area contributed by atoms with Crippen LogP contribution < -0.4 is 30.3 Å². The van der Waals surface area contributed by atoms with Gasteiger partial charge in [-0.05, 0) is 67.1 Å². The maximum Gasteiger partial charge on any atom is 0.329 e. The van der Waals surface area contributed by atoms with E-state index in [4.69, 9.17) is 14.2 Å². The lowest BCUT2D eigenvalue weighted by atomic mass is 10.1. The van der Waals surface area contributed by atoms with Crippen molar-refractivity contribution in [3.63, 3.8) is 0 Å². The molecule has 0 bridgehead atoms. The van der Waals surface area contributed by atoms with E-state index in [9.17, 15) is 14.4 Å². The van der Waals surface area contributed by atoms with E-state index in [2.05, 4.69) is 21.2 Å². The first-order valence-corrected chi connectivity index (χ1v) is 10.7. The summed E-state index contributed by atoms with van der Waals surface area (Å²) in [5.74, 6) is -0.552. The van der Waals surface area contributed by atoms with Crippen LogP contribution in [-0.2, 0) is 9.59 Å². The molecule has 0 fully saturated rings. The minimum atomic E-state index is -0.997. The Hall–Kier alpha value is -4.86. The van der Waals surface area contributed by atoms with Gasteiger partial charge >= 0.3 is 11.8 Å². The number of nitrogens with zero attached hydrogens (tertiary/aromatic N) is 1. The summed E-state index contributed by atoms with van der Waals surface area (Å²) in [5, 5.41) is 8.99. The van der Waals surface area contributed by atoms with Crippen LogP contribution >= 0.6 is 0 Å². The largest absolute Gasteiger partial charge is 0.494 e. The van der Waals surface area contributed by atoms with Crippen LogP contribution in [0, 0.1) is 0 Å². The molecule has 0 unspecified atom stereocenters. The van der Waals surface area contributed by atoms with Crippen molar-refractivity contribution in [3.8, 4) is 17.2 Å². The fourth-order valence-electron chi connectivity index (χ4n) is 3.18. The molecule has 0 radical (unpaired) electrons. The highest BCUT2D eigenvalue weighted by Gasteiger charge is 2.18. The second-order valence-electron chi connectivity index (χ2n) is 7.22. The number of rotatable bonds is 7. The number of carbonyl (C=O) groups excluding carboxylic acids is 3. The summed E-state index contributed by atoms with van der Waals surface area (Å²) in [7, 11) is 0. The predicted octanol–water partition coefficient (Wildman–Crippen LogP) is 3.16. The minimum Gasteiger partial charge on any atom is -0.494 e. The molecule has 1 aliphatic heterocycles. The van der Waals surface area contributed by atoms with Gasteiger partial charge < -0.3 is 24.8 Å². The zero-order chi connectivity index (χ0) is 24.6. The molecule has 0 spiro atoms. The molecular formula is C25H22N4O6. The summed E-state index contributed by atoms with van der Waals surface area (Å²) in [6.07, 6.45) is 1.37. The number of carbonyl (C=O) groups is 3. The molecule has 1 heterocycles. The molecule has 0 saturated heterocycles. The maximum absolute atomic E-state index is 12.8. The van der Waals surface area contributed by atoms with Gasteiger partial charge in [-0.25, -0.2) is 5.43 Å². The van der Waals surface area contributed by atoms with E-state index in [1.165, 1.54) is 18.3 Å². The monoisotopic (exact) mass is 474 g/mol. The minimum absolute atomic E-state index is 0.145. The van der Waals surface area contributed by atoms with Crippen molar-refractivity contribution in [2.75, 3.05) is 24.0 Å². The van der Waals surface area contributed by atoms with E-state index >= 15 is 0 Å². The van der Waals surface area contributed by atoms with E-state index in [0.29, 0.717) is 35.1 Å². The molecule has 35 heavy (non-hydrogen) atoms. The average Bonchev–Trinajstić information content (AvgIpc) is 3.33. The number of anilines is 2. The molecule has 0 atom stereocenters. The molecule has 0 saturated carbocycles. The molecule has 3 aromatic carbocycles. The van der Waals surface area contributed by atoms with Gasteiger partial charge in [-0.15, -0.1) is 0 Å². The van der Waals surface area contributed by atoms with Gasteiger partial charge in [0.15, 0.2) is 11.5 Å². The number of nitrogens with one attached hydrogen (secondary N) is 3.